The number of ether oxygens (including phenoxy) is 2. The Morgan fingerprint density at radius 2 is 1.85 bits per heavy atom. The normalized spacial score (nSPS) is 13.9. The van der Waals surface area contributed by atoms with Crippen molar-refractivity contribution in [2.45, 2.75) is 32.7 Å². The molecule has 20 heavy (non-hydrogen) atoms. The predicted molar refractivity (Wildman–Crippen MR) is 89.1 cm³/mol. The number of thiol groups is 1. The molecule has 0 fully saturated rings. The maximum atomic E-state index is 10.7. The van der Waals surface area contributed by atoms with Gasteiger partial charge in [0, 0.05) is 25.9 Å². The Kier molecular flexibility index (Phi) is 14.1. The van der Waals surface area contributed by atoms with Gasteiger partial charge in [0.1, 0.15) is 0 Å². The van der Waals surface area contributed by atoms with Crippen LogP contribution in [0.25, 0.3) is 0 Å². The summed E-state index contributed by atoms with van der Waals surface area (Å²) in [5.41, 5.74) is 5.84. The Bertz CT molecular complexity index is 284. The number of carbonyl (C=O) groups is 1. The molecule has 0 saturated heterocycles. The van der Waals surface area contributed by atoms with Gasteiger partial charge < -0.3 is 20.3 Å². The molecule has 120 valence electrons. The molecule has 0 bridgehead atoms. The lowest BCUT2D eigenvalue weighted by Gasteiger charge is -2.12. The van der Waals surface area contributed by atoms with Crippen molar-refractivity contribution in [2.24, 2.45) is 5.73 Å². The molecule has 0 aliphatic carbocycles. The van der Waals surface area contributed by atoms with Crippen LogP contribution in [0, 0.1) is 0 Å². The molecular weight excluding hydrogens is 298 g/mol. The fourth-order valence-electron chi connectivity index (χ4n) is 1.30. The molecule has 5 nitrogen and oxygen atoms in total. The predicted octanol–water partition coefficient (Wildman–Crippen LogP) is 1.58. The zero-order chi connectivity index (χ0) is 15.2. The van der Waals surface area contributed by atoms with Gasteiger partial charge in [-0.15, -0.1) is 0 Å². The summed E-state index contributed by atoms with van der Waals surface area (Å²) in [5.74, 6) is 1.70. The van der Waals surface area contributed by atoms with Crippen molar-refractivity contribution < 1.29 is 19.4 Å². The summed E-state index contributed by atoms with van der Waals surface area (Å²) in [6.45, 7) is 5.51. The van der Waals surface area contributed by atoms with Crippen LogP contribution in [-0.2, 0) is 14.3 Å². The largest absolute Gasteiger partial charge is 0.380 e. The highest BCUT2D eigenvalue weighted by molar-refractivity contribution is 8.13. The molecule has 0 aliphatic heterocycles. The third-order valence-electron chi connectivity index (χ3n) is 2.19. The highest BCUT2D eigenvalue weighted by Crippen LogP contribution is 2.03. The van der Waals surface area contributed by atoms with E-state index in [1.165, 1.54) is 11.8 Å². The fraction of sp³-hybridized carbons (Fsp3) is 0.846. The van der Waals surface area contributed by atoms with Crippen molar-refractivity contribution in [3.63, 3.8) is 0 Å². The number of hydrogen-bond acceptors (Lipinski definition) is 5. The van der Waals surface area contributed by atoms with E-state index in [9.17, 15) is 4.79 Å². The highest BCUT2D eigenvalue weighted by atomic mass is 32.2. The lowest BCUT2D eigenvalue weighted by molar-refractivity contribution is -0.109. The van der Waals surface area contributed by atoms with E-state index in [1.807, 2.05) is 0 Å². The SMILES string of the molecule is CC(=O)SCCCOCC(N)COCCC[SH]=C(C)O. The summed E-state index contributed by atoms with van der Waals surface area (Å²) in [6.07, 6.45) is 1.77. The van der Waals surface area contributed by atoms with Crippen LogP contribution < -0.4 is 5.73 Å². The quantitative estimate of drug-likeness (QED) is 0.287. The Hall–Kier alpha value is 0.0800. The topological polar surface area (TPSA) is 81.8 Å². The Labute approximate surface area is 129 Å². The molecule has 3 N–H and O–H groups in total. The van der Waals surface area contributed by atoms with Crippen LogP contribution in [0.3, 0.4) is 0 Å². The molecule has 1 atom stereocenters. The number of nitrogens with two attached hydrogens (primary N) is 1. The second kappa shape index (κ2) is 14.0. The van der Waals surface area contributed by atoms with Gasteiger partial charge in [-0.05, 0) is 25.5 Å². The molecular formula is C13H27NO4S2. The zero-order valence-electron chi connectivity index (χ0n) is 12.3. The van der Waals surface area contributed by atoms with Gasteiger partial charge in [0.25, 0.3) is 0 Å². The van der Waals surface area contributed by atoms with Crippen molar-refractivity contribution in [1.29, 1.82) is 0 Å². The molecule has 0 radical (unpaired) electrons. The third kappa shape index (κ3) is 16.1. The van der Waals surface area contributed by atoms with E-state index in [1.54, 1.807) is 13.8 Å². The van der Waals surface area contributed by atoms with E-state index >= 15 is 0 Å². The van der Waals surface area contributed by atoms with E-state index < -0.39 is 0 Å². The fourth-order valence-corrected chi connectivity index (χ4v) is 2.46. The number of aliphatic hydroxyl groups excluding tert-OH is 1. The Morgan fingerprint density at radius 1 is 1.25 bits per heavy atom. The van der Waals surface area contributed by atoms with E-state index in [2.05, 4.69) is 0 Å². The minimum Gasteiger partial charge on any atom is -0.380 e. The van der Waals surface area contributed by atoms with Gasteiger partial charge in [0.2, 0.25) is 0 Å². The number of hydrogen-bond donors (Lipinski definition) is 3. The first-order chi connectivity index (χ1) is 9.52. The van der Waals surface area contributed by atoms with Crippen molar-refractivity contribution in [3.8, 4) is 0 Å². The van der Waals surface area contributed by atoms with Crippen LogP contribution in [0.1, 0.15) is 26.7 Å². The molecule has 0 aromatic rings. The van der Waals surface area contributed by atoms with Crippen molar-refractivity contribution >= 4 is 33.3 Å². The van der Waals surface area contributed by atoms with E-state index in [-0.39, 0.29) is 11.2 Å². The zero-order valence-corrected chi connectivity index (χ0v) is 14.0. The smallest absolute Gasteiger partial charge is 0.185 e. The van der Waals surface area contributed by atoms with Gasteiger partial charge in [-0.3, -0.25) is 4.79 Å². The van der Waals surface area contributed by atoms with Crippen LogP contribution >= 0.6 is 23.1 Å². The number of aliphatic hydroxyl groups is 1. The molecule has 0 heterocycles. The first-order valence-corrected chi connectivity index (χ1v) is 8.83. The van der Waals surface area contributed by atoms with E-state index in [0.717, 1.165) is 35.7 Å². The average molecular weight is 325 g/mol. The number of carbonyl (C=O) groups excluding carboxylic acids is 1. The summed E-state index contributed by atoms with van der Waals surface area (Å²) >= 11 is 2.28. The van der Waals surface area contributed by atoms with Crippen molar-refractivity contribution in [3.05, 3.63) is 0 Å². The molecule has 0 amide bonds. The van der Waals surface area contributed by atoms with Gasteiger partial charge in [-0.2, -0.15) is 11.4 Å². The van der Waals surface area contributed by atoms with Gasteiger partial charge >= 0.3 is 0 Å². The van der Waals surface area contributed by atoms with E-state index in [0.29, 0.717) is 31.5 Å². The highest BCUT2D eigenvalue weighted by Gasteiger charge is 2.03. The van der Waals surface area contributed by atoms with Crippen LogP contribution in [0.15, 0.2) is 0 Å². The summed E-state index contributed by atoms with van der Waals surface area (Å²) in [7, 11) is 0. The second-order valence-electron chi connectivity index (χ2n) is 4.39. The van der Waals surface area contributed by atoms with Crippen LogP contribution in [-0.4, -0.2) is 59.2 Å². The third-order valence-corrected chi connectivity index (χ3v) is 4.09. The first kappa shape index (κ1) is 20.1. The molecule has 1 unspecified atom stereocenters. The lowest BCUT2D eigenvalue weighted by Crippen LogP contribution is -2.31. The molecule has 0 spiro atoms. The Balaban J connectivity index is 3.26. The van der Waals surface area contributed by atoms with Crippen LogP contribution in [0.4, 0.5) is 0 Å². The molecule has 0 rings (SSSR count). The maximum absolute atomic E-state index is 10.7. The molecule has 0 aromatic carbocycles. The van der Waals surface area contributed by atoms with Crippen LogP contribution in [0.2, 0.25) is 0 Å². The summed E-state index contributed by atoms with van der Waals surface area (Å²) < 4.78 is 10.9. The van der Waals surface area contributed by atoms with Gasteiger partial charge in [0.05, 0.1) is 24.3 Å². The van der Waals surface area contributed by atoms with Gasteiger partial charge in [-0.1, -0.05) is 11.8 Å². The minimum atomic E-state index is -0.112. The van der Waals surface area contributed by atoms with E-state index in [4.69, 9.17) is 20.3 Å². The average Bonchev–Trinajstić information content (AvgIpc) is 2.37. The summed E-state index contributed by atoms with van der Waals surface area (Å²) in [6, 6.07) is -0.112. The van der Waals surface area contributed by atoms with Crippen molar-refractivity contribution in [2.75, 3.05) is 37.9 Å². The number of rotatable bonds is 12. The molecule has 0 saturated carbocycles. The van der Waals surface area contributed by atoms with Gasteiger partial charge in [-0.25, -0.2) is 0 Å². The van der Waals surface area contributed by atoms with Gasteiger partial charge in [0.15, 0.2) is 5.12 Å². The molecule has 7 heteroatoms. The Morgan fingerprint density at radius 3 is 2.40 bits per heavy atom. The molecule has 0 aromatic heterocycles. The first-order valence-electron chi connectivity index (χ1n) is 6.76. The lowest BCUT2D eigenvalue weighted by atomic mass is 10.3. The second-order valence-corrected chi connectivity index (χ2v) is 7.07. The maximum Gasteiger partial charge on any atom is 0.185 e. The molecule has 0 aliphatic rings. The monoisotopic (exact) mass is 325 g/mol. The number of thioether (sulfide) groups is 1. The van der Waals surface area contributed by atoms with Crippen molar-refractivity contribution in [1.82, 2.24) is 0 Å². The summed E-state index contributed by atoms with van der Waals surface area (Å²) in [4.78, 5) is 10.7. The standard InChI is InChI=1S/C13H27NO4S2/c1-11(15)19-7-3-5-17-9-13(14)10-18-6-4-8-20-12(2)16/h13,15,19H,3-10,14H2,1-2H3. The minimum absolute atomic E-state index is 0.112. The summed E-state index contributed by atoms with van der Waals surface area (Å²) in [5, 5.41) is 9.58. The van der Waals surface area contributed by atoms with Crippen LogP contribution in [0.5, 0.6) is 0 Å².